The number of imide groups is 1. The van der Waals surface area contributed by atoms with Crippen LogP contribution in [0.15, 0.2) is 36.0 Å². The molecule has 4 atom stereocenters. The molecule has 8 nitrogen and oxygen atoms in total. The summed E-state index contributed by atoms with van der Waals surface area (Å²) in [5, 5.41) is 21.6. The van der Waals surface area contributed by atoms with Gasteiger partial charge in [-0.1, -0.05) is 43.7 Å². The molecule has 3 N–H and O–H groups in total. The number of ketones is 1. The first-order valence-corrected chi connectivity index (χ1v) is 12.3. The highest BCUT2D eigenvalue weighted by molar-refractivity contribution is 5.97. The fraction of sp³-hybridized carbons (Fsp3) is 0.630. The Balaban J connectivity index is 2.46. The number of hydrogen-bond donors (Lipinski definition) is 3. The van der Waals surface area contributed by atoms with Crippen LogP contribution in [0.5, 0.6) is 0 Å². The van der Waals surface area contributed by atoms with Gasteiger partial charge in [-0.15, -0.1) is 0 Å². The standard InChI is InChI=1S/C27H41NO7/c1-18(14-19(2)22(29)11-9-10-21-16-24(30)28-25(31)17-21)15-20(3)27(34)23(35-4)12-7-5-6-8-13-26(32)33/h7-8,12-13,15,19-21,23,27,34H,5-6,9-11,14,16-17H2,1-4H3,(H,32,33)(H,28,30,31)/b12-7+,13-8+,18-15-/t19-,20+,23?,27-/m0/s1. The predicted molar refractivity (Wildman–Crippen MR) is 133 cm³/mol. The highest BCUT2D eigenvalue weighted by Crippen LogP contribution is 2.23. The normalized spacial score (nSPS) is 19.1. The van der Waals surface area contributed by atoms with E-state index in [1.165, 1.54) is 7.11 Å². The van der Waals surface area contributed by atoms with Gasteiger partial charge in [-0.2, -0.15) is 0 Å². The van der Waals surface area contributed by atoms with Gasteiger partial charge >= 0.3 is 5.97 Å². The van der Waals surface area contributed by atoms with Crippen molar-refractivity contribution in [2.45, 2.75) is 84.3 Å². The Hall–Kier alpha value is -2.58. The van der Waals surface area contributed by atoms with Crippen molar-refractivity contribution in [3.63, 3.8) is 0 Å². The van der Waals surface area contributed by atoms with Crippen molar-refractivity contribution in [3.05, 3.63) is 36.0 Å². The molecule has 2 amide bonds. The van der Waals surface area contributed by atoms with Gasteiger partial charge in [0.05, 0.1) is 6.10 Å². The number of amides is 2. The number of methoxy groups -OCH3 is 1. The van der Waals surface area contributed by atoms with Gasteiger partial charge in [-0.3, -0.25) is 19.7 Å². The topological polar surface area (TPSA) is 130 Å². The summed E-state index contributed by atoms with van der Waals surface area (Å²) in [6.07, 6.45) is 11.4. The zero-order valence-corrected chi connectivity index (χ0v) is 21.4. The van der Waals surface area contributed by atoms with Crippen molar-refractivity contribution < 1.29 is 34.1 Å². The molecule has 0 aromatic heterocycles. The van der Waals surface area contributed by atoms with E-state index >= 15 is 0 Å². The molecule has 1 fully saturated rings. The quantitative estimate of drug-likeness (QED) is 0.130. The number of rotatable bonds is 16. The van der Waals surface area contributed by atoms with Crippen LogP contribution in [-0.2, 0) is 23.9 Å². The molecule has 0 bridgehead atoms. The van der Waals surface area contributed by atoms with Gasteiger partial charge in [0.1, 0.15) is 11.9 Å². The summed E-state index contributed by atoms with van der Waals surface area (Å²) >= 11 is 0. The first kappa shape index (κ1) is 30.5. The Morgan fingerprint density at radius 1 is 1.14 bits per heavy atom. The highest BCUT2D eigenvalue weighted by atomic mass is 16.5. The number of unbranched alkanes of at least 4 members (excludes halogenated alkanes) is 1. The average Bonchev–Trinajstić information content (AvgIpc) is 2.77. The van der Waals surface area contributed by atoms with Crippen LogP contribution < -0.4 is 5.32 Å². The number of carboxylic acid groups (broad SMARTS) is 1. The number of hydrogen-bond acceptors (Lipinski definition) is 6. The summed E-state index contributed by atoms with van der Waals surface area (Å²) in [5.41, 5.74) is 1.02. The van der Waals surface area contributed by atoms with Crippen LogP contribution in [0.1, 0.15) is 72.1 Å². The summed E-state index contributed by atoms with van der Waals surface area (Å²) in [5.74, 6) is -1.60. The Bertz CT molecular complexity index is 798. The van der Waals surface area contributed by atoms with Crippen molar-refractivity contribution in [3.8, 4) is 0 Å². The number of nitrogens with one attached hydrogen (secondary N) is 1. The Labute approximate surface area is 208 Å². The van der Waals surface area contributed by atoms with Crippen molar-refractivity contribution in [1.82, 2.24) is 5.32 Å². The van der Waals surface area contributed by atoms with E-state index in [1.54, 1.807) is 12.2 Å². The van der Waals surface area contributed by atoms with Crippen LogP contribution in [0.25, 0.3) is 0 Å². The number of carbonyl (C=O) groups is 4. The maximum Gasteiger partial charge on any atom is 0.327 e. The summed E-state index contributed by atoms with van der Waals surface area (Å²) < 4.78 is 5.41. The smallest absolute Gasteiger partial charge is 0.327 e. The number of Topliss-reactive ketones (excluding diaryl/α,β-unsaturated/α-hetero) is 1. The number of aliphatic hydroxyl groups is 1. The van der Waals surface area contributed by atoms with Crippen molar-refractivity contribution in [2.75, 3.05) is 7.11 Å². The number of aliphatic carboxylic acids is 1. The van der Waals surface area contributed by atoms with E-state index in [0.29, 0.717) is 51.4 Å². The monoisotopic (exact) mass is 491 g/mol. The molecule has 0 aliphatic carbocycles. The molecule has 1 rings (SSSR count). The number of carbonyl (C=O) groups excluding carboxylic acids is 3. The third kappa shape index (κ3) is 12.6. The summed E-state index contributed by atoms with van der Waals surface area (Å²) in [6.45, 7) is 5.75. The zero-order valence-electron chi connectivity index (χ0n) is 21.4. The molecule has 1 saturated heterocycles. The van der Waals surface area contributed by atoms with E-state index in [-0.39, 0.29) is 35.4 Å². The van der Waals surface area contributed by atoms with E-state index in [2.05, 4.69) is 5.32 Å². The second-order valence-electron chi connectivity index (χ2n) is 9.52. The first-order valence-electron chi connectivity index (χ1n) is 12.3. The fourth-order valence-electron chi connectivity index (χ4n) is 4.32. The number of carboxylic acids is 1. The summed E-state index contributed by atoms with van der Waals surface area (Å²) in [7, 11) is 1.53. The SMILES string of the molecule is COC(/C=C/CC/C=C/C(=O)O)[C@@H](O)[C@H](C)/C=C(/C)C[C@H](C)C(=O)CCCC1CC(=O)NC(=O)C1. The van der Waals surface area contributed by atoms with Crippen molar-refractivity contribution >= 4 is 23.6 Å². The first-order chi connectivity index (χ1) is 16.5. The lowest BCUT2D eigenvalue weighted by atomic mass is 9.88. The molecule has 0 saturated carbocycles. The van der Waals surface area contributed by atoms with Crippen LogP contribution in [0.3, 0.4) is 0 Å². The van der Waals surface area contributed by atoms with E-state index < -0.39 is 18.2 Å². The van der Waals surface area contributed by atoms with Crippen LogP contribution in [-0.4, -0.2) is 53.1 Å². The average molecular weight is 492 g/mol. The second kappa shape index (κ2) is 16.2. The molecule has 1 aliphatic rings. The minimum absolute atomic E-state index is 0.0207. The molecular weight excluding hydrogens is 450 g/mol. The van der Waals surface area contributed by atoms with Crippen molar-refractivity contribution in [2.24, 2.45) is 17.8 Å². The number of aliphatic hydroxyl groups excluding tert-OH is 1. The largest absolute Gasteiger partial charge is 0.478 e. The van der Waals surface area contributed by atoms with Crippen LogP contribution in [0, 0.1) is 17.8 Å². The fourth-order valence-corrected chi connectivity index (χ4v) is 4.32. The van der Waals surface area contributed by atoms with Gasteiger partial charge in [-0.25, -0.2) is 4.79 Å². The highest BCUT2D eigenvalue weighted by Gasteiger charge is 2.25. The molecule has 35 heavy (non-hydrogen) atoms. The predicted octanol–water partition coefficient (Wildman–Crippen LogP) is 3.74. The van der Waals surface area contributed by atoms with E-state index in [4.69, 9.17) is 9.84 Å². The van der Waals surface area contributed by atoms with E-state index in [0.717, 1.165) is 11.6 Å². The van der Waals surface area contributed by atoms with Gasteiger partial charge in [0.2, 0.25) is 11.8 Å². The zero-order chi connectivity index (χ0) is 26.4. The van der Waals surface area contributed by atoms with E-state index in [9.17, 15) is 24.3 Å². The number of piperidine rings is 1. The number of ether oxygens (including phenoxy) is 1. The Morgan fingerprint density at radius 2 is 1.77 bits per heavy atom. The molecule has 0 aromatic rings. The maximum atomic E-state index is 12.6. The minimum Gasteiger partial charge on any atom is -0.478 e. The second-order valence-corrected chi connectivity index (χ2v) is 9.52. The van der Waals surface area contributed by atoms with Gasteiger partial charge in [0.25, 0.3) is 0 Å². The molecule has 0 spiro atoms. The van der Waals surface area contributed by atoms with Crippen LogP contribution >= 0.6 is 0 Å². The summed E-state index contributed by atoms with van der Waals surface area (Å²) in [6, 6.07) is 0. The molecular formula is C27H41NO7. The van der Waals surface area contributed by atoms with E-state index in [1.807, 2.05) is 32.9 Å². The molecule has 1 aliphatic heterocycles. The Kier molecular flexibility index (Phi) is 14.1. The van der Waals surface area contributed by atoms with Gasteiger partial charge in [0.15, 0.2) is 0 Å². The Morgan fingerprint density at radius 3 is 2.37 bits per heavy atom. The number of allylic oxidation sites excluding steroid dienone is 3. The summed E-state index contributed by atoms with van der Waals surface area (Å²) in [4.78, 5) is 46.0. The van der Waals surface area contributed by atoms with Gasteiger partial charge in [-0.05, 0) is 44.9 Å². The lowest BCUT2D eigenvalue weighted by Crippen LogP contribution is -2.38. The molecule has 0 radical (unpaired) electrons. The van der Waals surface area contributed by atoms with Gasteiger partial charge < -0.3 is 14.9 Å². The lowest BCUT2D eigenvalue weighted by Gasteiger charge is -2.23. The molecule has 0 aromatic carbocycles. The lowest BCUT2D eigenvalue weighted by molar-refractivity contribution is -0.135. The third-order valence-electron chi connectivity index (χ3n) is 6.22. The third-order valence-corrected chi connectivity index (χ3v) is 6.22. The minimum atomic E-state index is -0.973. The van der Waals surface area contributed by atoms with Crippen LogP contribution in [0.2, 0.25) is 0 Å². The molecule has 8 heteroatoms. The molecule has 1 heterocycles. The molecule has 196 valence electrons. The van der Waals surface area contributed by atoms with Crippen molar-refractivity contribution in [1.29, 1.82) is 0 Å². The van der Waals surface area contributed by atoms with Gasteiger partial charge in [0, 0.05) is 44.3 Å². The van der Waals surface area contributed by atoms with Crippen LogP contribution in [0.4, 0.5) is 0 Å². The molecule has 1 unspecified atom stereocenters. The maximum absolute atomic E-state index is 12.6.